The predicted molar refractivity (Wildman–Crippen MR) is 105 cm³/mol. The van der Waals surface area contributed by atoms with Crippen LogP contribution in [0, 0.1) is 19.8 Å². The molecule has 1 saturated heterocycles. The molecule has 7 nitrogen and oxygen atoms in total. The summed E-state index contributed by atoms with van der Waals surface area (Å²) in [5, 5.41) is 11.8. The van der Waals surface area contributed by atoms with E-state index in [2.05, 4.69) is 5.32 Å². The number of benzene rings is 2. The van der Waals surface area contributed by atoms with Crippen LogP contribution in [0.15, 0.2) is 42.5 Å². The Morgan fingerprint density at radius 3 is 2.46 bits per heavy atom. The van der Waals surface area contributed by atoms with Crippen molar-refractivity contribution in [3.63, 3.8) is 0 Å². The van der Waals surface area contributed by atoms with Gasteiger partial charge in [-0.1, -0.05) is 6.07 Å². The van der Waals surface area contributed by atoms with E-state index in [9.17, 15) is 14.4 Å². The Hall–Kier alpha value is -3.35. The number of ether oxygens (including phenoxy) is 1. The number of hydrogen-bond acceptors (Lipinski definition) is 4. The molecule has 2 aromatic rings. The minimum atomic E-state index is -0.967. The molecule has 0 aliphatic carbocycles. The summed E-state index contributed by atoms with van der Waals surface area (Å²) in [6.45, 7) is 4.00. The number of carbonyl (C=O) groups excluding carboxylic acids is 2. The highest BCUT2D eigenvalue weighted by Crippen LogP contribution is 2.27. The van der Waals surface area contributed by atoms with Crippen LogP contribution in [0.1, 0.15) is 17.5 Å². The second-order valence-electron chi connectivity index (χ2n) is 6.87. The van der Waals surface area contributed by atoms with Gasteiger partial charge in [0.2, 0.25) is 5.91 Å². The predicted octanol–water partition coefficient (Wildman–Crippen LogP) is 2.76. The topological polar surface area (TPSA) is 95.9 Å². The number of nitrogens with zero attached hydrogens (tertiary/aromatic N) is 1. The molecule has 0 saturated carbocycles. The zero-order valence-electron chi connectivity index (χ0n) is 15.8. The number of anilines is 2. The normalized spacial score (nSPS) is 16.1. The van der Waals surface area contributed by atoms with Crippen LogP contribution in [-0.2, 0) is 14.4 Å². The maximum Gasteiger partial charge on any atom is 0.308 e. The standard InChI is InChI=1S/C21H22N2O5/c1-13-3-4-16(9-14(13)2)22-19(24)12-28-18-7-5-17(6-8-18)23-11-15(21(26)27)10-20(23)25/h3-9,15H,10-12H2,1-2H3,(H,22,24)(H,26,27)/t15-/m1/s1. The van der Waals surface area contributed by atoms with Gasteiger partial charge in [-0.3, -0.25) is 14.4 Å². The SMILES string of the molecule is Cc1ccc(NC(=O)COc2ccc(N3C[C@H](C(=O)O)CC3=O)cc2)cc1C. The molecule has 1 aliphatic rings. The fraction of sp³-hybridized carbons (Fsp3) is 0.286. The van der Waals surface area contributed by atoms with Gasteiger partial charge < -0.3 is 20.1 Å². The Kier molecular flexibility index (Phi) is 5.63. The molecular formula is C21H22N2O5. The van der Waals surface area contributed by atoms with Crippen molar-refractivity contribution in [3.05, 3.63) is 53.6 Å². The van der Waals surface area contributed by atoms with Gasteiger partial charge in [0.05, 0.1) is 5.92 Å². The fourth-order valence-electron chi connectivity index (χ4n) is 3.01. The van der Waals surface area contributed by atoms with Crippen molar-refractivity contribution in [2.24, 2.45) is 5.92 Å². The minimum absolute atomic E-state index is 0.00619. The average molecular weight is 382 g/mol. The second-order valence-corrected chi connectivity index (χ2v) is 6.87. The van der Waals surface area contributed by atoms with Crippen molar-refractivity contribution in [2.75, 3.05) is 23.4 Å². The Bertz CT molecular complexity index is 908. The maximum absolute atomic E-state index is 12.1. The molecule has 0 spiro atoms. The van der Waals surface area contributed by atoms with E-state index in [0.29, 0.717) is 17.1 Å². The van der Waals surface area contributed by atoms with Crippen LogP contribution in [0.5, 0.6) is 5.75 Å². The van der Waals surface area contributed by atoms with Crippen LogP contribution in [0.4, 0.5) is 11.4 Å². The van der Waals surface area contributed by atoms with Gasteiger partial charge in [-0.05, 0) is 61.4 Å². The van der Waals surface area contributed by atoms with Gasteiger partial charge >= 0.3 is 5.97 Å². The quantitative estimate of drug-likeness (QED) is 0.801. The molecule has 146 valence electrons. The van der Waals surface area contributed by atoms with Crippen LogP contribution in [0.25, 0.3) is 0 Å². The van der Waals surface area contributed by atoms with E-state index >= 15 is 0 Å². The molecule has 1 heterocycles. The van der Waals surface area contributed by atoms with Gasteiger partial charge in [-0.25, -0.2) is 0 Å². The molecule has 1 fully saturated rings. The van der Waals surface area contributed by atoms with Crippen LogP contribution in [0.3, 0.4) is 0 Å². The summed E-state index contributed by atoms with van der Waals surface area (Å²) in [5.41, 5.74) is 3.57. The second kappa shape index (κ2) is 8.12. The molecule has 3 rings (SSSR count). The molecule has 0 unspecified atom stereocenters. The van der Waals surface area contributed by atoms with Gasteiger partial charge in [0.25, 0.3) is 5.91 Å². The number of hydrogen-bond donors (Lipinski definition) is 2. The molecule has 28 heavy (non-hydrogen) atoms. The van der Waals surface area contributed by atoms with E-state index in [1.165, 1.54) is 4.90 Å². The lowest BCUT2D eigenvalue weighted by Gasteiger charge is -2.16. The third kappa shape index (κ3) is 4.49. The highest BCUT2D eigenvalue weighted by atomic mass is 16.5. The number of carbonyl (C=O) groups is 3. The van der Waals surface area contributed by atoms with Crippen LogP contribution < -0.4 is 15.0 Å². The third-order valence-electron chi connectivity index (χ3n) is 4.78. The van der Waals surface area contributed by atoms with E-state index in [1.807, 2.05) is 32.0 Å². The third-order valence-corrected chi connectivity index (χ3v) is 4.78. The highest BCUT2D eigenvalue weighted by Gasteiger charge is 2.34. The monoisotopic (exact) mass is 382 g/mol. The summed E-state index contributed by atoms with van der Waals surface area (Å²) in [4.78, 5) is 36.6. The van der Waals surface area contributed by atoms with Crippen molar-refractivity contribution in [2.45, 2.75) is 20.3 Å². The number of aryl methyl sites for hydroxylation is 2. The number of amides is 2. The Balaban J connectivity index is 1.54. The molecule has 7 heteroatoms. The summed E-state index contributed by atoms with van der Waals surface area (Å²) < 4.78 is 5.49. The van der Waals surface area contributed by atoms with Crippen LogP contribution >= 0.6 is 0 Å². The molecule has 2 N–H and O–H groups in total. The van der Waals surface area contributed by atoms with Crippen molar-refractivity contribution in [1.82, 2.24) is 0 Å². The van der Waals surface area contributed by atoms with E-state index in [1.54, 1.807) is 24.3 Å². The number of rotatable bonds is 6. The largest absolute Gasteiger partial charge is 0.484 e. The molecule has 2 aromatic carbocycles. The first-order valence-corrected chi connectivity index (χ1v) is 8.96. The first-order chi connectivity index (χ1) is 13.3. The van der Waals surface area contributed by atoms with Gasteiger partial charge in [-0.2, -0.15) is 0 Å². The van der Waals surface area contributed by atoms with Crippen molar-refractivity contribution < 1.29 is 24.2 Å². The van der Waals surface area contributed by atoms with Crippen molar-refractivity contribution in [3.8, 4) is 5.75 Å². The van der Waals surface area contributed by atoms with Crippen molar-refractivity contribution in [1.29, 1.82) is 0 Å². The van der Waals surface area contributed by atoms with Gasteiger partial charge in [0.1, 0.15) is 5.75 Å². The van der Waals surface area contributed by atoms with Gasteiger partial charge in [0, 0.05) is 24.3 Å². The average Bonchev–Trinajstić information content (AvgIpc) is 3.06. The minimum Gasteiger partial charge on any atom is -0.484 e. The molecule has 1 atom stereocenters. The molecule has 1 aliphatic heterocycles. The van der Waals surface area contributed by atoms with E-state index in [0.717, 1.165) is 11.1 Å². The summed E-state index contributed by atoms with van der Waals surface area (Å²) in [6, 6.07) is 12.3. The maximum atomic E-state index is 12.1. The molecular weight excluding hydrogens is 360 g/mol. The molecule has 2 amide bonds. The Labute approximate surface area is 162 Å². The summed E-state index contributed by atoms with van der Waals surface area (Å²) >= 11 is 0. The van der Waals surface area contributed by atoms with Crippen LogP contribution in [-0.4, -0.2) is 36.0 Å². The van der Waals surface area contributed by atoms with E-state index in [-0.39, 0.29) is 31.4 Å². The van der Waals surface area contributed by atoms with Gasteiger partial charge in [0.15, 0.2) is 6.61 Å². The summed E-state index contributed by atoms with van der Waals surface area (Å²) in [6.07, 6.45) is 0.00619. The van der Waals surface area contributed by atoms with Crippen molar-refractivity contribution >= 4 is 29.2 Å². The first-order valence-electron chi connectivity index (χ1n) is 8.96. The Morgan fingerprint density at radius 1 is 1.14 bits per heavy atom. The lowest BCUT2D eigenvalue weighted by Crippen LogP contribution is -2.25. The summed E-state index contributed by atoms with van der Waals surface area (Å²) in [7, 11) is 0. The first kappa shape index (κ1) is 19.4. The zero-order valence-corrected chi connectivity index (χ0v) is 15.8. The number of carboxylic acids is 1. The molecule has 0 bridgehead atoms. The Morgan fingerprint density at radius 2 is 1.86 bits per heavy atom. The lowest BCUT2D eigenvalue weighted by atomic mass is 10.1. The number of nitrogens with one attached hydrogen (secondary N) is 1. The highest BCUT2D eigenvalue weighted by molar-refractivity contribution is 5.99. The zero-order chi connectivity index (χ0) is 20.3. The number of aliphatic carboxylic acids is 1. The van der Waals surface area contributed by atoms with E-state index < -0.39 is 11.9 Å². The number of carboxylic acid groups (broad SMARTS) is 1. The van der Waals surface area contributed by atoms with Crippen LogP contribution in [0.2, 0.25) is 0 Å². The summed E-state index contributed by atoms with van der Waals surface area (Å²) in [5.74, 6) is -1.65. The molecule has 0 radical (unpaired) electrons. The fourth-order valence-corrected chi connectivity index (χ4v) is 3.01. The molecule has 0 aromatic heterocycles. The van der Waals surface area contributed by atoms with Gasteiger partial charge in [-0.15, -0.1) is 0 Å². The smallest absolute Gasteiger partial charge is 0.308 e. The van der Waals surface area contributed by atoms with E-state index in [4.69, 9.17) is 9.84 Å². The lowest BCUT2D eigenvalue weighted by molar-refractivity contribution is -0.141.